The largest absolute Gasteiger partial charge is 0.376 e. The Bertz CT molecular complexity index is 550. The fraction of sp³-hybridized carbons (Fsp3) is 0.812. The van der Waals surface area contributed by atoms with Gasteiger partial charge in [0.15, 0.2) is 0 Å². The third-order valence-corrected chi connectivity index (χ3v) is 5.36. The lowest BCUT2D eigenvalue weighted by molar-refractivity contribution is 0.0453. The van der Waals surface area contributed by atoms with E-state index >= 15 is 0 Å². The first-order valence-corrected chi connectivity index (χ1v) is 8.46. The maximum absolute atomic E-state index is 12.5. The van der Waals surface area contributed by atoms with Crippen LogP contribution in [0.1, 0.15) is 36.8 Å². The average Bonchev–Trinajstić information content (AvgIpc) is 3.14. The summed E-state index contributed by atoms with van der Waals surface area (Å²) < 4.78 is 7.58. The molecule has 0 saturated carbocycles. The molecule has 1 amide bonds. The van der Waals surface area contributed by atoms with E-state index < -0.39 is 0 Å². The van der Waals surface area contributed by atoms with Gasteiger partial charge in [-0.25, -0.2) is 9.67 Å². The van der Waals surface area contributed by atoms with Crippen molar-refractivity contribution in [2.45, 2.75) is 32.3 Å². The molecule has 3 rings (SSSR count). The van der Waals surface area contributed by atoms with Gasteiger partial charge < -0.3 is 14.5 Å². The molecule has 1 spiro atoms. The Morgan fingerprint density at radius 3 is 2.83 bits per heavy atom. The highest BCUT2D eigenvalue weighted by atomic mass is 16.5. The molecule has 7 nitrogen and oxygen atoms in total. The van der Waals surface area contributed by atoms with Crippen LogP contribution in [0.4, 0.5) is 0 Å². The SMILES string of the molecule is CCN(C)C[C@H]1CC2(CCN(C(=O)c3ncnn3C)CC2)CO1. The number of hydrogen-bond donors (Lipinski definition) is 0. The van der Waals surface area contributed by atoms with Crippen LogP contribution in [0.15, 0.2) is 6.33 Å². The third-order valence-electron chi connectivity index (χ3n) is 5.36. The molecule has 0 bridgehead atoms. The number of ether oxygens (including phenoxy) is 1. The Morgan fingerprint density at radius 2 is 2.22 bits per heavy atom. The van der Waals surface area contributed by atoms with Gasteiger partial charge in [0, 0.05) is 26.7 Å². The molecule has 0 aliphatic carbocycles. The van der Waals surface area contributed by atoms with E-state index in [4.69, 9.17) is 4.74 Å². The average molecular weight is 321 g/mol. The van der Waals surface area contributed by atoms with E-state index in [1.165, 1.54) is 6.33 Å². The maximum atomic E-state index is 12.5. The van der Waals surface area contributed by atoms with Crippen molar-refractivity contribution < 1.29 is 9.53 Å². The molecule has 1 aromatic heterocycles. The van der Waals surface area contributed by atoms with Crippen molar-refractivity contribution in [1.82, 2.24) is 24.6 Å². The molecule has 7 heteroatoms. The van der Waals surface area contributed by atoms with Crippen LogP contribution in [-0.4, -0.2) is 76.4 Å². The highest BCUT2D eigenvalue weighted by Crippen LogP contribution is 2.42. The van der Waals surface area contributed by atoms with Gasteiger partial charge in [0.05, 0.1) is 12.7 Å². The summed E-state index contributed by atoms with van der Waals surface area (Å²) in [5.74, 6) is 0.409. The highest BCUT2D eigenvalue weighted by molar-refractivity contribution is 5.90. The van der Waals surface area contributed by atoms with E-state index in [0.717, 1.165) is 52.0 Å². The molecular weight excluding hydrogens is 294 g/mol. The first-order valence-electron chi connectivity index (χ1n) is 8.46. The smallest absolute Gasteiger partial charge is 0.291 e. The van der Waals surface area contributed by atoms with Gasteiger partial charge >= 0.3 is 0 Å². The lowest BCUT2D eigenvalue weighted by Crippen LogP contribution is -2.44. The van der Waals surface area contributed by atoms with Crippen molar-refractivity contribution in [1.29, 1.82) is 0 Å². The van der Waals surface area contributed by atoms with E-state index in [0.29, 0.717) is 11.9 Å². The molecule has 0 unspecified atom stereocenters. The monoisotopic (exact) mass is 321 g/mol. The maximum Gasteiger partial charge on any atom is 0.291 e. The summed E-state index contributed by atoms with van der Waals surface area (Å²) in [6, 6.07) is 0. The van der Waals surface area contributed by atoms with Crippen LogP contribution in [0.25, 0.3) is 0 Å². The number of nitrogens with zero attached hydrogens (tertiary/aromatic N) is 5. The molecule has 2 saturated heterocycles. The predicted octanol–water partition coefficient (Wildman–Crippen LogP) is 0.778. The number of amides is 1. The molecular formula is C16H27N5O2. The van der Waals surface area contributed by atoms with Crippen LogP contribution < -0.4 is 0 Å². The van der Waals surface area contributed by atoms with Gasteiger partial charge in [0.25, 0.3) is 5.91 Å². The minimum absolute atomic E-state index is 0.0129. The van der Waals surface area contributed by atoms with Crippen molar-refractivity contribution in [2.75, 3.05) is 39.8 Å². The summed E-state index contributed by atoms with van der Waals surface area (Å²) in [4.78, 5) is 20.8. The van der Waals surface area contributed by atoms with Crippen LogP contribution in [0.3, 0.4) is 0 Å². The van der Waals surface area contributed by atoms with Gasteiger partial charge in [0.1, 0.15) is 6.33 Å². The molecule has 1 atom stereocenters. The molecule has 2 fully saturated rings. The highest BCUT2D eigenvalue weighted by Gasteiger charge is 2.43. The first kappa shape index (κ1) is 16.4. The van der Waals surface area contributed by atoms with Gasteiger partial charge in [-0.3, -0.25) is 4.79 Å². The number of carbonyl (C=O) groups excluding carboxylic acids is 1. The third kappa shape index (κ3) is 3.40. The van der Waals surface area contributed by atoms with E-state index in [1.807, 2.05) is 4.90 Å². The van der Waals surface area contributed by atoms with Gasteiger partial charge in [-0.2, -0.15) is 5.10 Å². The van der Waals surface area contributed by atoms with Crippen LogP contribution in [0.2, 0.25) is 0 Å². The van der Waals surface area contributed by atoms with Crippen molar-refractivity contribution in [3.63, 3.8) is 0 Å². The van der Waals surface area contributed by atoms with Crippen LogP contribution in [0.5, 0.6) is 0 Å². The van der Waals surface area contributed by atoms with Crippen molar-refractivity contribution >= 4 is 5.91 Å². The molecule has 3 heterocycles. The first-order chi connectivity index (χ1) is 11.0. The predicted molar refractivity (Wildman–Crippen MR) is 86.1 cm³/mol. The molecule has 0 radical (unpaired) electrons. The van der Waals surface area contributed by atoms with Gasteiger partial charge in [0.2, 0.25) is 5.82 Å². The quantitative estimate of drug-likeness (QED) is 0.820. The second-order valence-electron chi connectivity index (χ2n) is 6.99. The summed E-state index contributed by atoms with van der Waals surface area (Å²) in [6.45, 7) is 6.62. The standard InChI is InChI=1S/C16H27N5O2/c1-4-19(2)10-13-9-16(11-23-13)5-7-21(8-6-16)15(22)14-17-12-18-20(14)3/h12-13H,4-11H2,1-3H3/t13-/m1/s1. The minimum atomic E-state index is -0.0129. The summed E-state index contributed by atoms with van der Waals surface area (Å²) in [5, 5.41) is 3.98. The molecule has 128 valence electrons. The molecule has 1 aromatic rings. The normalized spacial score (nSPS) is 23.8. The molecule has 23 heavy (non-hydrogen) atoms. The molecule has 0 N–H and O–H groups in total. The Morgan fingerprint density at radius 1 is 1.48 bits per heavy atom. The Balaban J connectivity index is 1.55. The Labute approximate surface area is 137 Å². The van der Waals surface area contributed by atoms with Crippen LogP contribution in [0, 0.1) is 5.41 Å². The summed E-state index contributed by atoms with van der Waals surface area (Å²) in [7, 11) is 3.89. The lowest BCUT2D eigenvalue weighted by Gasteiger charge is -2.38. The summed E-state index contributed by atoms with van der Waals surface area (Å²) in [5.41, 5.74) is 0.260. The van der Waals surface area contributed by atoms with Gasteiger partial charge in [-0.1, -0.05) is 6.92 Å². The molecule has 0 aromatic carbocycles. The Hall–Kier alpha value is -1.47. The number of aryl methyl sites for hydroxylation is 1. The van der Waals surface area contributed by atoms with Gasteiger partial charge in [-0.15, -0.1) is 0 Å². The van der Waals surface area contributed by atoms with Crippen molar-refractivity contribution in [3.8, 4) is 0 Å². The minimum Gasteiger partial charge on any atom is -0.376 e. The van der Waals surface area contributed by atoms with Crippen LogP contribution >= 0.6 is 0 Å². The summed E-state index contributed by atoms with van der Waals surface area (Å²) in [6.07, 6.45) is 4.91. The number of likely N-dealkylation sites (tertiary alicyclic amines) is 1. The van der Waals surface area contributed by atoms with Gasteiger partial charge in [-0.05, 0) is 38.3 Å². The molecule has 2 aliphatic rings. The second kappa shape index (κ2) is 6.57. The van der Waals surface area contributed by atoms with Crippen LogP contribution in [-0.2, 0) is 11.8 Å². The fourth-order valence-electron chi connectivity index (χ4n) is 3.65. The Kier molecular flexibility index (Phi) is 4.68. The summed E-state index contributed by atoms with van der Waals surface area (Å²) >= 11 is 0. The zero-order chi connectivity index (χ0) is 16.4. The zero-order valence-electron chi connectivity index (χ0n) is 14.4. The van der Waals surface area contributed by atoms with E-state index in [-0.39, 0.29) is 11.3 Å². The van der Waals surface area contributed by atoms with Crippen molar-refractivity contribution in [2.24, 2.45) is 12.5 Å². The topological polar surface area (TPSA) is 63.5 Å². The number of rotatable bonds is 4. The molecule has 2 aliphatic heterocycles. The number of likely N-dealkylation sites (N-methyl/N-ethyl adjacent to an activating group) is 1. The number of aromatic nitrogens is 3. The number of piperidine rings is 1. The fourth-order valence-corrected chi connectivity index (χ4v) is 3.65. The zero-order valence-corrected chi connectivity index (χ0v) is 14.4. The second-order valence-corrected chi connectivity index (χ2v) is 6.99. The van der Waals surface area contributed by atoms with E-state index in [2.05, 4.69) is 29.0 Å². The van der Waals surface area contributed by atoms with Crippen molar-refractivity contribution in [3.05, 3.63) is 12.2 Å². The number of carbonyl (C=O) groups is 1. The van der Waals surface area contributed by atoms with E-state index in [1.54, 1.807) is 11.7 Å². The number of hydrogen-bond acceptors (Lipinski definition) is 5. The lowest BCUT2D eigenvalue weighted by atomic mass is 9.76. The van der Waals surface area contributed by atoms with E-state index in [9.17, 15) is 4.79 Å².